The lowest BCUT2D eigenvalue weighted by Gasteiger charge is -2.13. The van der Waals surface area contributed by atoms with E-state index in [2.05, 4.69) is 10.6 Å². The summed E-state index contributed by atoms with van der Waals surface area (Å²) in [6, 6.07) is 12.9. The van der Waals surface area contributed by atoms with Gasteiger partial charge in [-0.05, 0) is 36.4 Å². The van der Waals surface area contributed by atoms with Crippen molar-refractivity contribution in [3.05, 3.63) is 54.1 Å². The molecule has 2 aromatic carbocycles. The van der Waals surface area contributed by atoms with E-state index in [1.807, 2.05) is 0 Å². The molecule has 0 heterocycles. The van der Waals surface area contributed by atoms with Crippen molar-refractivity contribution in [1.82, 2.24) is 4.90 Å². The van der Waals surface area contributed by atoms with Crippen molar-refractivity contribution in [3.8, 4) is 0 Å². The van der Waals surface area contributed by atoms with Gasteiger partial charge in [-0.2, -0.15) is 13.2 Å². The first-order chi connectivity index (χ1) is 13.2. The van der Waals surface area contributed by atoms with Gasteiger partial charge >= 0.3 is 6.18 Å². The molecule has 0 bridgehead atoms. The van der Waals surface area contributed by atoms with Gasteiger partial charge in [-0.3, -0.25) is 9.59 Å². The summed E-state index contributed by atoms with van der Waals surface area (Å²) >= 11 is 0.661. The maximum Gasteiger partial charge on any atom is 0.398 e. The van der Waals surface area contributed by atoms with E-state index in [-0.39, 0.29) is 18.4 Å². The van der Waals surface area contributed by atoms with Gasteiger partial charge in [0.1, 0.15) is 0 Å². The highest BCUT2D eigenvalue weighted by atomic mass is 32.2. The number of carbonyl (C=O) groups excluding carboxylic acids is 2. The fourth-order valence-corrected chi connectivity index (χ4v) is 3.02. The molecule has 0 aliphatic rings. The lowest BCUT2D eigenvalue weighted by atomic mass is 10.2. The molecular formula is C19H20F3N3O2S. The van der Waals surface area contributed by atoms with Gasteiger partial charge in [-0.25, -0.2) is 0 Å². The number of anilines is 2. The minimum atomic E-state index is -4.27. The third-order valence-corrected chi connectivity index (χ3v) is 4.68. The number of alkyl halides is 3. The Morgan fingerprint density at radius 3 is 2.29 bits per heavy atom. The lowest BCUT2D eigenvalue weighted by Crippen LogP contribution is -2.23. The van der Waals surface area contributed by atoms with E-state index in [1.165, 1.54) is 4.90 Å². The fraction of sp³-hybridized carbons (Fsp3) is 0.263. The second kappa shape index (κ2) is 9.50. The molecular weight excluding hydrogens is 391 g/mol. The van der Waals surface area contributed by atoms with E-state index >= 15 is 0 Å². The molecule has 0 saturated carbocycles. The van der Waals surface area contributed by atoms with Crippen LogP contribution in [-0.2, 0) is 4.79 Å². The van der Waals surface area contributed by atoms with E-state index in [1.54, 1.807) is 62.6 Å². The number of para-hydroxylation sites is 1. The molecule has 28 heavy (non-hydrogen) atoms. The van der Waals surface area contributed by atoms with E-state index < -0.39 is 11.9 Å². The van der Waals surface area contributed by atoms with Gasteiger partial charge in [0.15, 0.2) is 0 Å². The number of hydrogen-bond acceptors (Lipinski definition) is 4. The normalized spacial score (nSPS) is 11.0. The summed E-state index contributed by atoms with van der Waals surface area (Å²) in [5, 5.41) is 5.52. The van der Waals surface area contributed by atoms with Crippen LogP contribution >= 0.6 is 11.8 Å². The van der Waals surface area contributed by atoms with Gasteiger partial charge < -0.3 is 15.5 Å². The number of thioether (sulfide) groups is 1. The predicted molar refractivity (Wildman–Crippen MR) is 105 cm³/mol. The third-order valence-electron chi connectivity index (χ3n) is 3.54. The zero-order valence-electron chi connectivity index (χ0n) is 15.3. The zero-order chi connectivity index (χ0) is 20.7. The largest absolute Gasteiger partial charge is 0.398 e. The maximum absolute atomic E-state index is 12.4. The second-order valence-corrected chi connectivity index (χ2v) is 7.10. The number of hydrogen-bond donors (Lipinski definition) is 2. The Balaban J connectivity index is 1.92. The van der Waals surface area contributed by atoms with Crippen molar-refractivity contribution in [2.45, 2.75) is 11.1 Å². The van der Waals surface area contributed by atoms with E-state index in [4.69, 9.17) is 0 Å². The molecule has 2 N–H and O–H groups in total. The van der Waals surface area contributed by atoms with Gasteiger partial charge in [-0.1, -0.05) is 12.1 Å². The van der Waals surface area contributed by atoms with Crippen LogP contribution in [0.2, 0.25) is 0 Å². The molecule has 0 saturated heterocycles. The van der Waals surface area contributed by atoms with Crippen molar-refractivity contribution < 1.29 is 22.8 Å². The molecule has 150 valence electrons. The summed E-state index contributed by atoms with van der Waals surface area (Å²) in [6.07, 6.45) is -4.27. The number of amides is 2. The number of nitrogens with zero attached hydrogens (tertiary/aromatic N) is 1. The fourth-order valence-electron chi connectivity index (χ4n) is 2.23. The van der Waals surface area contributed by atoms with E-state index in [0.29, 0.717) is 33.6 Å². The smallest absolute Gasteiger partial charge is 0.375 e. The first-order valence-electron chi connectivity index (χ1n) is 8.30. The van der Waals surface area contributed by atoms with Crippen LogP contribution in [0, 0.1) is 0 Å². The lowest BCUT2D eigenvalue weighted by molar-refractivity contribution is -0.114. The van der Waals surface area contributed by atoms with Gasteiger partial charge in [0.2, 0.25) is 5.91 Å². The van der Waals surface area contributed by atoms with Gasteiger partial charge in [0.25, 0.3) is 5.91 Å². The van der Waals surface area contributed by atoms with E-state index in [9.17, 15) is 22.8 Å². The molecule has 5 nitrogen and oxygen atoms in total. The van der Waals surface area contributed by atoms with Crippen molar-refractivity contribution in [2.75, 3.05) is 37.0 Å². The van der Waals surface area contributed by atoms with Gasteiger partial charge in [-0.15, -0.1) is 11.8 Å². The molecule has 0 atom stereocenters. The summed E-state index contributed by atoms with van der Waals surface area (Å²) in [6.45, 7) is -0.109. The number of benzene rings is 2. The molecule has 2 aromatic rings. The quantitative estimate of drug-likeness (QED) is 0.674. The molecule has 2 amide bonds. The maximum atomic E-state index is 12.4. The molecule has 2 rings (SSSR count). The van der Waals surface area contributed by atoms with Crippen LogP contribution in [0.3, 0.4) is 0 Å². The monoisotopic (exact) mass is 411 g/mol. The molecule has 0 aromatic heterocycles. The van der Waals surface area contributed by atoms with E-state index in [0.717, 1.165) is 0 Å². The van der Waals surface area contributed by atoms with Crippen molar-refractivity contribution in [1.29, 1.82) is 0 Å². The minimum absolute atomic E-state index is 0.109. The highest BCUT2D eigenvalue weighted by molar-refractivity contribution is 7.99. The van der Waals surface area contributed by atoms with Crippen molar-refractivity contribution in [2.24, 2.45) is 0 Å². The van der Waals surface area contributed by atoms with Crippen LogP contribution in [0.15, 0.2) is 53.4 Å². The van der Waals surface area contributed by atoms with Crippen molar-refractivity contribution >= 4 is 35.0 Å². The van der Waals surface area contributed by atoms with Crippen LogP contribution < -0.4 is 10.6 Å². The minimum Gasteiger partial charge on any atom is -0.375 e. The SMILES string of the molecule is CN(C)C(=O)c1ccc(NC(=O)CNc2ccccc2SCC(F)(F)F)cc1. The summed E-state index contributed by atoms with van der Waals surface area (Å²) in [5.41, 5.74) is 1.47. The highest BCUT2D eigenvalue weighted by Gasteiger charge is 2.27. The Labute approximate surface area is 165 Å². The molecule has 0 unspecified atom stereocenters. The second-order valence-electron chi connectivity index (χ2n) is 6.08. The standard InChI is InChI=1S/C19H20F3N3O2S/c1-25(2)18(27)13-7-9-14(10-8-13)24-17(26)11-23-15-5-3-4-6-16(15)28-12-19(20,21)22/h3-10,23H,11-12H2,1-2H3,(H,24,26). The molecule has 0 aliphatic heterocycles. The highest BCUT2D eigenvalue weighted by Crippen LogP contribution is 2.31. The molecule has 9 heteroatoms. The predicted octanol–water partition coefficient (Wildman–Crippen LogP) is 4.09. The van der Waals surface area contributed by atoms with Crippen LogP contribution in [0.1, 0.15) is 10.4 Å². The first-order valence-corrected chi connectivity index (χ1v) is 9.28. The Kier molecular flexibility index (Phi) is 7.33. The summed E-state index contributed by atoms with van der Waals surface area (Å²) in [5.74, 6) is -1.51. The molecule has 0 spiro atoms. The summed E-state index contributed by atoms with van der Waals surface area (Å²) < 4.78 is 37.3. The van der Waals surface area contributed by atoms with Crippen LogP contribution in [0.25, 0.3) is 0 Å². The Hall–Kier alpha value is -2.68. The molecule has 0 aliphatic carbocycles. The Morgan fingerprint density at radius 1 is 1.04 bits per heavy atom. The van der Waals surface area contributed by atoms with Crippen molar-refractivity contribution in [3.63, 3.8) is 0 Å². The average Bonchev–Trinajstić information content (AvgIpc) is 2.64. The molecule has 0 radical (unpaired) electrons. The Bertz CT molecular complexity index is 824. The van der Waals surface area contributed by atoms with Crippen LogP contribution in [-0.4, -0.2) is 49.3 Å². The third kappa shape index (κ3) is 6.80. The number of carbonyl (C=O) groups is 2. The summed E-state index contributed by atoms with van der Waals surface area (Å²) in [7, 11) is 3.29. The Morgan fingerprint density at radius 2 is 1.68 bits per heavy atom. The van der Waals surface area contributed by atoms with Gasteiger partial charge in [0.05, 0.1) is 12.3 Å². The number of nitrogens with one attached hydrogen (secondary N) is 2. The first kappa shape index (κ1) is 21.6. The van der Waals surface area contributed by atoms with Crippen LogP contribution in [0.5, 0.6) is 0 Å². The number of rotatable bonds is 7. The zero-order valence-corrected chi connectivity index (χ0v) is 16.2. The number of halogens is 3. The summed E-state index contributed by atoms with van der Waals surface area (Å²) in [4.78, 5) is 25.8. The van der Waals surface area contributed by atoms with Gasteiger partial charge in [0, 0.05) is 35.9 Å². The average molecular weight is 411 g/mol. The molecule has 0 fully saturated rings. The van der Waals surface area contributed by atoms with Crippen LogP contribution in [0.4, 0.5) is 24.5 Å². The topological polar surface area (TPSA) is 61.4 Å².